The highest BCUT2D eigenvalue weighted by Crippen LogP contribution is 2.35. The molecule has 0 fully saturated rings. The van der Waals surface area contributed by atoms with Crippen molar-refractivity contribution in [2.45, 2.75) is 13.0 Å². The maximum atomic E-state index is 13.7. The van der Waals surface area contributed by atoms with Crippen LogP contribution in [0.3, 0.4) is 0 Å². The molecule has 0 amide bonds. The fourth-order valence-electron chi connectivity index (χ4n) is 1.55. The highest BCUT2D eigenvalue weighted by atomic mass is 35.5. The molecule has 0 aliphatic rings. The van der Waals surface area contributed by atoms with Gasteiger partial charge in [0.15, 0.2) is 0 Å². The summed E-state index contributed by atoms with van der Waals surface area (Å²) in [5.74, 6) is -0.410. The molecule has 1 unspecified atom stereocenters. The Bertz CT molecular complexity index is 553. The average Bonchev–Trinajstić information content (AvgIpc) is 2.59. The molecule has 2 rings (SSSR count). The van der Waals surface area contributed by atoms with Gasteiger partial charge in [-0.25, -0.2) is 4.39 Å². The van der Waals surface area contributed by atoms with Gasteiger partial charge < -0.3 is 5.73 Å². The van der Waals surface area contributed by atoms with Crippen LogP contribution in [0.25, 0.3) is 0 Å². The number of hydrogen-bond donors (Lipinski definition) is 1. The van der Waals surface area contributed by atoms with E-state index in [-0.39, 0.29) is 0 Å². The molecular formula is C12H10Cl2FNS. The van der Waals surface area contributed by atoms with Gasteiger partial charge in [0.1, 0.15) is 5.82 Å². The molecule has 0 bridgehead atoms. The van der Waals surface area contributed by atoms with Crippen LogP contribution in [-0.4, -0.2) is 0 Å². The Labute approximate surface area is 113 Å². The standard InChI is InChI=1S/C12H10Cl2FNS/c1-6-5-17-12(10(6)14)11(16)8-3-2-7(13)4-9(8)15/h2-5,11H,16H2,1H3. The van der Waals surface area contributed by atoms with E-state index in [0.29, 0.717) is 15.6 Å². The summed E-state index contributed by atoms with van der Waals surface area (Å²) in [6, 6.07) is 3.91. The topological polar surface area (TPSA) is 26.0 Å². The highest BCUT2D eigenvalue weighted by molar-refractivity contribution is 7.10. The van der Waals surface area contributed by atoms with Crippen molar-refractivity contribution in [1.82, 2.24) is 0 Å². The van der Waals surface area contributed by atoms with Crippen molar-refractivity contribution in [1.29, 1.82) is 0 Å². The zero-order valence-electron chi connectivity index (χ0n) is 9.01. The Morgan fingerprint density at radius 1 is 1.35 bits per heavy atom. The normalized spacial score (nSPS) is 12.8. The molecule has 0 spiro atoms. The molecule has 1 atom stereocenters. The third-order valence-electron chi connectivity index (χ3n) is 2.51. The van der Waals surface area contributed by atoms with E-state index in [1.807, 2.05) is 12.3 Å². The number of thiophene rings is 1. The quantitative estimate of drug-likeness (QED) is 0.862. The Kier molecular flexibility index (Phi) is 3.73. The third-order valence-corrected chi connectivity index (χ3v) is 4.54. The predicted molar refractivity (Wildman–Crippen MR) is 71.5 cm³/mol. The van der Waals surface area contributed by atoms with Gasteiger partial charge in [-0.05, 0) is 30.0 Å². The van der Waals surface area contributed by atoms with Crippen LogP contribution in [0.4, 0.5) is 4.39 Å². The van der Waals surface area contributed by atoms with Gasteiger partial charge in [0, 0.05) is 15.5 Å². The summed E-state index contributed by atoms with van der Waals surface area (Å²) in [5, 5.41) is 2.87. The Morgan fingerprint density at radius 2 is 2.06 bits per heavy atom. The van der Waals surface area contributed by atoms with Crippen LogP contribution in [0.5, 0.6) is 0 Å². The third kappa shape index (κ3) is 2.47. The number of aryl methyl sites for hydroxylation is 1. The molecule has 2 N–H and O–H groups in total. The van der Waals surface area contributed by atoms with Crippen LogP contribution in [0.2, 0.25) is 10.0 Å². The predicted octanol–water partition coefficient (Wildman–Crippen LogP) is 4.55. The minimum Gasteiger partial charge on any atom is -0.319 e. The van der Waals surface area contributed by atoms with Gasteiger partial charge in [-0.1, -0.05) is 29.3 Å². The lowest BCUT2D eigenvalue weighted by atomic mass is 10.1. The second kappa shape index (κ2) is 4.94. The van der Waals surface area contributed by atoms with Crippen molar-refractivity contribution < 1.29 is 4.39 Å². The lowest BCUT2D eigenvalue weighted by molar-refractivity contribution is 0.601. The SMILES string of the molecule is Cc1csc(C(N)c2ccc(Cl)cc2F)c1Cl. The highest BCUT2D eigenvalue weighted by Gasteiger charge is 2.19. The van der Waals surface area contributed by atoms with Crippen LogP contribution in [0, 0.1) is 12.7 Å². The maximum Gasteiger partial charge on any atom is 0.129 e. The summed E-state index contributed by atoms with van der Waals surface area (Å²) < 4.78 is 13.7. The van der Waals surface area contributed by atoms with Crippen molar-refractivity contribution in [2.75, 3.05) is 0 Å². The molecule has 0 radical (unpaired) electrons. The molecule has 1 heterocycles. The number of rotatable bonds is 2. The minimum absolute atomic E-state index is 0.354. The number of nitrogens with two attached hydrogens (primary N) is 1. The van der Waals surface area contributed by atoms with Gasteiger partial charge in [0.05, 0.1) is 11.1 Å². The lowest BCUT2D eigenvalue weighted by Crippen LogP contribution is -2.12. The van der Waals surface area contributed by atoms with Crippen molar-refractivity contribution in [3.8, 4) is 0 Å². The van der Waals surface area contributed by atoms with E-state index in [1.165, 1.54) is 17.4 Å². The lowest BCUT2D eigenvalue weighted by Gasteiger charge is -2.12. The number of halogens is 3. The van der Waals surface area contributed by atoms with Crippen molar-refractivity contribution in [2.24, 2.45) is 5.73 Å². The summed E-state index contributed by atoms with van der Waals surface area (Å²) in [5.41, 5.74) is 7.38. The van der Waals surface area contributed by atoms with Gasteiger partial charge in [-0.3, -0.25) is 0 Å². The molecule has 0 aliphatic carbocycles. The zero-order chi connectivity index (χ0) is 12.6. The van der Waals surface area contributed by atoms with E-state index in [9.17, 15) is 4.39 Å². The first-order chi connectivity index (χ1) is 8.00. The smallest absolute Gasteiger partial charge is 0.129 e. The largest absolute Gasteiger partial charge is 0.319 e. The van der Waals surface area contributed by atoms with Crippen LogP contribution >= 0.6 is 34.5 Å². The molecular weight excluding hydrogens is 280 g/mol. The summed E-state index contributed by atoms with van der Waals surface area (Å²) in [4.78, 5) is 0.769. The number of benzene rings is 1. The van der Waals surface area contributed by atoms with E-state index in [0.717, 1.165) is 10.4 Å². The Balaban J connectivity index is 2.43. The van der Waals surface area contributed by atoms with Crippen molar-refractivity contribution in [3.05, 3.63) is 55.4 Å². The molecule has 5 heteroatoms. The first-order valence-electron chi connectivity index (χ1n) is 4.94. The van der Waals surface area contributed by atoms with Gasteiger partial charge in [0.2, 0.25) is 0 Å². The van der Waals surface area contributed by atoms with Crippen LogP contribution in [0.1, 0.15) is 22.0 Å². The maximum absolute atomic E-state index is 13.7. The first kappa shape index (κ1) is 12.8. The molecule has 1 nitrogen and oxygen atoms in total. The second-order valence-corrected chi connectivity index (χ2v) is 5.47. The first-order valence-corrected chi connectivity index (χ1v) is 6.58. The van der Waals surface area contributed by atoms with Gasteiger partial charge in [0.25, 0.3) is 0 Å². The fourth-order valence-corrected chi connectivity index (χ4v) is 3.04. The van der Waals surface area contributed by atoms with Gasteiger partial charge >= 0.3 is 0 Å². The van der Waals surface area contributed by atoms with Crippen molar-refractivity contribution in [3.63, 3.8) is 0 Å². The summed E-state index contributed by atoms with van der Waals surface area (Å²) in [6.07, 6.45) is 0. The van der Waals surface area contributed by atoms with E-state index < -0.39 is 11.9 Å². The summed E-state index contributed by atoms with van der Waals surface area (Å²) >= 11 is 13.3. The molecule has 17 heavy (non-hydrogen) atoms. The monoisotopic (exact) mass is 289 g/mol. The minimum atomic E-state index is -0.557. The van der Waals surface area contributed by atoms with Crippen LogP contribution < -0.4 is 5.73 Å². The molecule has 90 valence electrons. The van der Waals surface area contributed by atoms with E-state index in [4.69, 9.17) is 28.9 Å². The fraction of sp³-hybridized carbons (Fsp3) is 0.167. The second-order valence-electron chi connectivity index (χ2n) is 3.74. The molecule has 0 saturated carbocycles. The van der Waals surface area contributed by atoms with Crippen molar-refractivity contribution >= 4 is 34.5 Å². The zero-order valence-corrected chi connectivity index (χ0v) is 11.3. The number of hydrogen-bond acceptors (Lipinski definition) is 2. The van der Waals surface area contributed by atoms with E-state index >= 15 is 0 Å². The Hall–Kier alpha value is -0.610. The molecule has 2 aromatic rings. The Morgan fingerprint density at radius 3 is 2.59 bits per heavy atom. The molecule has 1 aromatic carbocycles. The summed E-state index contributed by atoms with van der Waals surface area (Å²) in [6.45, 7) is 1.90. The van der Waals surface area contributed by atoms with E-state index in [1.54, 1.807) is 12.1 Å². The van der Waals surface area contributed by atoms with E-state index in [2.05, 4.69) is 0 Å². The van der Waals surface area contributed by atoms with Gasteiger partial charge in [-0.15, -0.1) is 11.3 Å². The molecule has 0 saturated heterocycles. The molecule has 1 aromatic heterocycles. The van der Waals surface area contributed by atoms with Crippen LogP contribution in [0.15, 0.2) is 23.6 Å². The average molecular weight is 290 g/mol. The molecule has 0 aliphatic heterocycles. The van der Waals surface area contributed by atoms with Gasteiger partial charge in [-0.2, -0.15) is 0 Å². The van der Waals surface area contributed by atoms with Crippen LogP contribution in [-0.2, 0) is 0 Å². The summed E-state index contributed by atoms with van der Waals surface area (Å²) in [7, 11) is 0.